The molecule has 0 unspecified atom stereocenters. The number of anilines is 1. The highest BCUT2D eigenvalue weighted by Crippen LogP contribution is 2.34. The van der Waals surface area contributed by atoms with E-state index in [0.29, 0.717) is 36.8 Å². The Bertz CT molecular complexity index is 1300. The summed E-state index contributed by atoms with van der Waals surface area (Å²) in [6, 6.07) is 20.3. The summed E-state index contributed by atoms with van der Waals surface area (Å²) in [5.74, 6) is 0.572. The number of para-hydroxylation sites is 1. The molecule has 3 aliphatic rings. The van der Waals surface area contributed by atoms with Crippen LogP contribution in [0.3, 0.4) is 0 Å². The smallest absolute Gasteiger partial charge is 0.267 e. The number of amides is 2. The Morgan fingerprint density at radius 1 is 0.795 bits per heavy atom. The Labute approximate surface area is 232 Å². The summed E-state index contributed by atoms with van der Waals surface area (Å²) < 4.78 is 2.08. The van der Waals surface area contributed by atoms with Crippen molar-refractivity contribution < 1.29 is 9.59 Å². The molecular weight excluding hydrogens is 484 g/mol. The van der Waals surface area contributed by atoms with E-state index in [0.717, 1.165) is 36.6 Å². The monoisotopic (exact) mass is 524 g/mol. The summed E-state index contributed by atoms with van der Waals surface area (Å²) >= 11 is 0. The van der Waals surface area contributed by atoms with Crippen molar-refractivity contribution >= 4 is 17.5 Å². The molecule has 2 aromatic carbocycles. The summed E-state index contributed by atoms with van der Waals surface area (Å²) in [7, 11) is 0. The molecule has 0 bridgehead atoms. The number of fused-ring (bicyclic) bond motifs is 2. The van der Waals surface area contributed by atoms with Gasteiger partial charge in [0.25, 0.3) is 11.8 Å². The molecule has 6 rings (SSSR count). The molecule has 0 atom stereocenters. The van der Waals surface area contributed by atoms with Crippen LogP contribution in [0.1, 0.15) is 95.0 Å². The molecule has 1 aliphatic carbocycles. The van der Waals surface area contributed by atoms with E-state index < -0.39 is 0 Å². The number of nitrogens with zero attached hydrogens (tertiary/aromatic N) is 3. The molecule has 6 nitrogen and oxygen atoms in total. The van der Waals surface area contributed by atoms with Crippen LogP contribution in [0.2, 0.25) is 0 Å². The largest absolute Gasteiger partial charge is 0.349 e. The number of rotatable bonds is 6. The van der Waals surface area contributed by atoms with Crippen LogP contribution in [0.15, 0.2) is 60.7 Å². The normalized spacial score (nSPS) is 18.2. The number of carbonyl (C=O) groups is 2. The van der Waals surface area contributed by atoms with Crippen molar-refractivity contribution in [3.05, 3.63) is 88.7 Å². The lowest BCUT2D eigenvalue weighted by atomic mass is 9.84. The van der Waals surface area contributed by atoms with Crippen LogP contribution in [0.5, 0.6) is 0 Å². The SMILES string of the molecule is O=C(NCCN1CCCCC1)c1ccc2n1Cc1ccccc1N(C(=O)c1ccc(C3CCCCC3)cc1)C2. The zero-order valence-electron chi connectivity index (χ0n) is 22.9. The van der Waals surface area contributed by atoms with Gasteiger partial charge in [0.15, 0.2) is 0 Å². The minimum Gasteiger partial charge on any atom is -0.349 e. The summed E-state index contributed by atoms with van der Waals surface area (Å²) in [4.78, 5) is 31.4. The fraction of sp³-hybridized carbons (Fsp3) is 0.455. The van der Waals surface area contributed by atoms with E-state index in [9.17, 15) is 9.59 Å². The van der Waals surface area contributed by atoms with Gasteiger partial charge in [0.05, 0.1) is 13.1 Å². The lowest BCUT2D eigenvalue weighted by molar-refractivity contribution is 0.0937. The molecule has 2 amide bonds. The molecule has 1 N–H and O–H groups in total. The number of carbonyl (C=O) groups excluding carboxylic acids is 2. The Morgan fingerprint density at radius 3 is 2.33 bits per heavy atom. The summed E-state index contributed by atoms with van der Waals surface area (Å²) in [6.45, 7) is 4.79. The molecule has 3 heterocycles. The minimum absolute atomic E-state index is 0.000160. The Morgan fingerprint density at radius 2 is 1.54 bits per heavy atom. The Kier molecular flexibility index (Phi) is 7.82. The van der Waals surface area contributed by atoms with Gasteiger partial charge in [-0.05, 0) is 86.1 Å². The van der Waals surface area contributed by atoms with Crippen LogP contribution in [0.25, 0.3) is 0 Å². The number of nitrogens with one attached hydrogen (secondary N) is 1. The highest BCUT2D eigenvalue weighted by molar-refractivity contribution is 6.06. The first kappa shape index (κ1) is 25.9. The number of piperidine rings is 1. The molecule has 1 saturated carbocycles. The van der Waals surface area contributed by atoms with E-state index in [1.165, 1.54) is 56.9 Å². The van der Waals surface area contributed by atoms with Gasteiger partial charge in [-0.15, -0.1) is 0 Å². The maximum absolute atomic E-state index is 13.9. The van der Waals surface area contributed by atoms with Crippen LogP contribution >= 0.6 is 0 Å². The number of aromatic nitrogens is 1. The molecular formula is C33H40N4O2. The van der Waals surface area contributed by atoms with E-state index in [2.05, 4.69) is 33.0 Å². The van der Waals surface area contributed by atoms with Gasteiger partial charge in [-0.25, -0.2) is 0 Å². The minimum atomic E-state index is -0.0474. The predicted octanol–water partition coefficient (Wildman–Crippen LogP) is 5.96. The number of benzene rings is 2. The van der Waals surface area contributed by atoms with Gasteiger partial charge in [-0.3, -0.25) is 9.59 Å². The predicted molar refractivity (Wildman–Crippen MR) is 155 cm³/mol. The first-order valence-electron chi connectivity index (χ1n) is 14.9. The highest BCUT2D eigenvalue weighted by Gasteiger charge is 2.27. The summed E-state index contributed by atoms with van der Waals surface area (Å²) in [6.07, 6.45) is 10.2. The van der Waals surface area contributed by atoms with Crippen LogP contribution in [-0.4, -0.2) is 47.5 Å². The zero-order chi connectivity index (χ0) is 26.6. The maximum Gasteiger partial charge on any atom is 0.267 e. The lowest BCUT2D eigenvalue weighted by Crippen LogP contribution is -2.38. The van der Waals surface area contributed by atoms with Gasteiger partial charge in [-0.2, -0.15) is 0 Å². The second-order valence-corrected chi connectivity index (χ2v) is 11.4. The van der Waals surface area contributed by atoms with Gasteiger partial charge in [0, 0.05) is 30.0 Å². The maximum atomic E-state index is 13.9. The molecule has 204 valence electrons. The molecule has 39 heavy (non-hydrogen) atoms. The van der Waals surface area contributed by atoms with Crippen molar-refractivity contribution in [2.45, 2.75) is 70.4 Å². The summed E-state index contributed by atoms with van der Waals surface area (Å²) in [5, 5.41) is 3.14. The molecule has 6 heteroatoms. The quantitative estimate of drug-likeness (QED) is 0.433. The fourth-order valence-electron chi connectivity index (χ4n) is 6.63. The van der Waals surface area contributed by atoms with Gasteiger partial charge in [-0.1, -0.05) is 56.0 Å². The van der Waals surface area contributed by atoms with E-state index in [1.54, 1.807) is 0 Å². The first-order valence-corrected chi connectivity index (χ1v) is 14.9. The fourth-order valence-corrected chi connectivity index (χ4v) is 6.63. The third kappa shape index (κ3) is 5.67. The molecule has 2 aliphatic heterocycles. The third-order valence-corrected chi connectivity index (χ3v) is 8.88. The molecule has 1 saturated heterocycles. The van der Waals surface area contributed by atoms with E-state index in [1.807, 2.05) is 47.4 Å². The number of hydrogen-bond acceptors (Lipinski definition) is 3. The molecule has 3 aromatic rings. The Balaban J connectivity index is 1.20. The summed E-state index contributed by atoms with van der Waals surface area (Å²) in [5.41, 5.74) is 5.65. The highest BCUT2D eigenvalue weighted by atomic mass is 16.2. The van der Waals surface area contributed by atoms with Crippen molar-refractivity contribution in [2.75, 3.05) is 31.1 Å². The van der Waals surface area contributed by atoms with Crippen molar-refractivity contribution in [1.29, 1.82) is 0 Å². The van der Waals surface area contributed by atoms with E-state index in [4.69, 9.17) is 0 Å². The van der Waals surface area contributed by atoms with E-state index in [-0.39, 0.29) is 11.8 Å². The van der Waals surface area contributed by atoms with Crippen molar-refractivity contribution in [1.82, 2.24) is 14.8 Å². The second-order valence-electron chi connectivity index (χ2n) is 11.4. The third-order valence-electron chi connectivity index (χ3n) is 8.88. The van der Waals surface area contributed by atoms with Gasteiger partial charge in [0.1, 0.15) is 5.69 Å². The van der Waals surface area contributed by atoms with Gasteiger partial charge >= 0.3 is 0 Å². The van der Waals surface area contributed by atoms with Crippen molar-refractivity contribution in [3.63, 3.8) is 0 Å². The zero-order valence-corrected chi connectivity index (χ0v) is 22.9. The average molecular weight is 525 g/mol. The lowest BCUT2D eigenvalue weighted by Gasteiger charge is -2.26. The molecule has 0 radical (unpaired) electrons. The molecule has 0 spiro atoms. The van der Waals surface area contributed by atoms with Gasteiger partial charge < -0.3 is 19.7 Å². The second kappa shape index (κ2) is 11.8. The van der Waals surface area contributed by atoms with Crippen molar-refractivity contribution in [3.8, 4) is 0 Å². The van der Waals surface area contributed by atoms with Crippen LogP contribution < -0.4 is 10.2 Å². The standard InChI is InChI=1S/C33H40N4O2/c38-32(34-19-22-35-20-7-2-8-21-35)31-18-17-29-24-37(30-12-6-5-11-28(30)23-36(29)31)33(39)27-15-13-26(14-16-27)25-9-3-1-4-10-25/h5-6,11-18,25H,1-4,7-10,19-24H2,(H,34,38). The molecule has 1 aromatic heterocycles. The van der Waals surface area contributed by atoms with Gasteiger partial charge in [0.2, 0.25) is 0 Å². The van der Waals surface area contributed by atoms with E-state index >= 15 is 0 Å². The number of hydrogen-bond donors (Lipinski definition) is 1. The number of likely N-dealkylation sites (tertiary alicyclic amines) is 1. The topological polar surface area (TPSA) is 57.6 Å². The first-order chi connectivity index (χ1) is 19.2. The van der Waals surface area contributed by atoms with Crippen molar-refractivity contribution in [2.24, 2.45) is 0 Å². The molecule has 2 fully saturated rings. The van der Waals surface area contributed by atoms with Crippen LogP contribution in [0, 0.1) is 0 Å². The Hall–Kier alpha value is -3.38. The van der Waals surface area contributed by atoms with Crippen LogP contribution in [-0.2, 0) is 13.1 Å². The average Bonchev–Trinajstić information content (AvgIpc) is 3.31. The van der Waals surface area contributed by atoms with Crippen LogP contribution in [0.4, 0.5) is 5.69 Å².